The van der Waals surface area contributed by atoms with Gasteiger partial charge >= 0.3 is 5.69 Å². The molecule has 2 aromatic carbocycles. The molecule has 2 heterocycles. The highest BCUT2D eigenvalue weighted by Crippen LogP contribution is 2.30. The second kappa shape index (κ2) is 8.79. The van der Waals surface area contributed by atoms with Crippen molar-refractivity contribution in [3.05, 3.63) is 79.5 Å². The Kier molecular flexibility index (Phi) is 5.92. The van der Waals surface area contributed by atoms with E-state index in [1.807, 2.05) is 19.1 Å². The summed E-state index contributed by atoms with van der Waals surface area (Å²) in [5.74, 6) is -0.487. The quantitative estimate of drug-likeness (QED) is 0.608. The Bertz CT molecular complexity index is 1260. The number of ether oxygens (including phenoxy) is 1. The van der Waals surface area contributed by atoms with Crippen LogP contribution in [0.5, 0.6) is 5.88 Å². The van der Waals surface area contributed by atoms with Crippen molar-refractivity contribution in [1.29, 1.82) is 0 Å². The Morgan fingerprint density at radius 2 is 1.94 bits per heavy atom. The number of aromatic nitrogens is 2. The number of aryl methyl sites for hydroxylation is 1. The van der Waals surface area contributed by atoms with Crippen molar-refractivity contribution in [3.8, 4) is 11.6 Å². The first kappa shape index (κ1) is 20.9. The number of aromatic hydroxyl groups is 1. The molecule has 1 aliphatic heterocycles. The van der Waals surface area contributed by atoms with Gasteiger partial charge in [-0.15, -0.1) is 0 Å². The van der Waals surface area contributed by atoms with Gasteiger partial charge in [0.25, 0.3) is 5.56 Å². The lowest BCUT2D eigenvalue weighted by atomic mass is 10.2. The van der Waals surface area contributed by atoms with Crippen LogP contribution < -0.4 is 16.1 Å². The maximum atomic E-state index is 12.3. The van der Waals surface area contributed by atoms with Crippen LogP contribution in [-0.2, 0) is 4.74 Å². The molecular formula is C22H21ClN4O4. The summed E-state index contributed by atoms with van der Waals surface area (Å²) in [6.45, 7) is 4.67. The van der Waals surface area contributed by atoms with Crippen molar-refractivity contribution in [1.82, 2.24) is 9.55 Å². The summed E-state index contributed by atoms with van der Waals surface area (Å²) in [4.78, 5) is 33.2. The summed E-state index contributed by atoms with van der Waals surface area (Å²) >= 11 is 6.43. The standard InChI is InChI=1S/C22H21ClN4O4/c1-14-3-2-4-16(11-14)27-21(29)17(20(28)25-22(27)30)13-24-15-5-6-19(18(23)12-15)26-7-9-31-10-8-26/h2-6,11-13,29H,7-10H2,1H3,(H,25,28,30). The van der Waals surface area contributed by atoms with Crippen LogP contribution in [0.1, 0.15) is 11.1 Å². The third-order valence-corrected chi connectivity index (χ3v) is 5.31. The van der Waals surface area contributed by atoms with E-state index in [1.165, 1.54) is 6.21 Å². The predicted octanol–water partition coefficient (Wildman–Crippen LogP) is 2.78. The number of hydrogen-bond acceptors (Lipinski definition) is 6. The minimum Gasteiger partial charge on any atom is -0.493 e. The van der Waals surface area contributed by atoms with E-state index >= 15 is 0 Å². The summed E-state index contributed by atoms with van der Waals surface area (Å²) in [7, 11) is 0. The Labute approximate surface area is 183 Å². The van der Waals surface area contributed by atoms with E-state index in [1.54, 1.807) is 30.3 Å². The van der Waals surface area contributed by atoms with Crippen LogP contribution in [0, 0.1) is 6.92 Å². The average Bonchev–Trinajstić information content (AvgIpc) is 2.74. The first-order chi connectivity index (χ1) is 14.9. The van der Waals surface area contributed by atoms with Gasteiger partial charge in [0.05, 0.1) is 35.3 Å². The maximum Gasteiger partial charge on any atom is 0.335 e. The van der Waals surface area contributed by atoms with Crippen LogP contribution in [0.3, 0.4) is 0 Å². The van der Waals surface area contributed by atoms with Gasteiger partial charge in [0, 0.05) is 19.3 Å². The largest absolute Gasteiger partial charge is 0.493 e. The van der Waals surface area contributed by atoms with E-state index in [2.05, 4.69) is 14.9 Å². The zero-order valence-corrected chi connectivity index (χ0v) is 17.6. The van der Waals surface area contributed by atoms with E-state index in [-0.39, 0.29) is 5.56 Å². The molecule has 3 aromatic rings. The number of morpholine rings is 1. The molecule has 0 bridgehead atoms. The second-order valence-corrected chi connectivity index (χ2v) is 7.57. The van der Waals surface area contributed by atoms with Crippen molar-refractivity contribution in [2.45, 2.75) is 6.92 Å². The van der Waals surface area contributed by atoms with Crippen LogP contribution in [0.25, 0.3) is 5.69 Å². The molecule has 9 heteroatoms. The molecular weight excluding hydrogens is 420 g/mol. The molecule has 1 aromatic heterocycles. The lowest BCUT2D eigenvalue weighted by Crippen LogP contribution is -2.36. The van der Waals surface area contributed by atoms with Gasteiger partial charge in [-0.05, 0) is 42.8 Å². The van der Waals surface area contributed by atoms with Crippen LogP contribution >= 0.6 is 11.6 Å². The number of aliphatic imine (C=N–C) groups is 1. The number of rotatable bonds is 4. The average molecular weight is 441 g/mol. The summed E-state index contributed by atoms with van der Waals surface area (Å²) < 4.78 is 6.39. The van der Waals surface area contributed by atoms with Crippen LogP contribution in [0.4, 0.5) is 11.4 Å². The van der Waals surface area contributed by atoms with Gasteiger partial charge in [-0.3, -0.25) is 14.8 Å². The molecule has 0 atom stereocenters. The first-order valence-electron chi connectivity index (χ1n) is 9.75. The van der Waals surface area contributed by atoms with Gasteiger partial charge < -0.3 is 14.7 Å². The minimum atomic E-state index is -0.733. The van der Waals surface area contributed by atoms with Gasteiger partial charge in [0.15, 0.2) is 0 Å². The smallest absolute Gasteiger partial charge is 0.335 e. The molecule has 0 aliphatic carbocycles. The monoisotopic (exact) mass is 440 g/mol. The fourth-order valence-corrected chi connectivity index (χ4v) is 3.73. The van der Waals surface area contributed by atoms with Crippen molar-refractivity contribution < 1.29 is 9.84 Å². The molecule has 2 N–H and O–H groups in total. The van der Waals surface area contributed by atoms with Crippen molar-refractivity contribution in [3.63, 3.8) is 0 Å². The highest BCUT2D eigenvalue weighted by atomic mass is 35.5. The molecule has 1 fully saturated rings. The Hall–Kier alpha value is -3.36. The number of hydrogen-bond donors (Lipinski definition) is 2. The molecule has 0 spiro atoms. The molecule has 0 amide bonds. The molecule has 160 valence electrons. The normalized spacial score (nSPS) is 14.3. The summed E-state index contributed by atoms with van der Waals surface area (Å²) in [5.41, 5.74) is 1.14. The first-order valence-corrected chi connectivity index (χ1v) is 10.1. The highest BCUT2D eigenvalue weighted by molar-refractivity contribution is 6.33. The van der Waals surface area contributed by atoms with Gasteiger partial charge in [0.2, 0.25) is 5.88 Å². The Morgan fingerprint density at radius 1 is 1.16 bits per heavy atom. The number of halogens is 1. The summed E-state index contributed by atoms with van der Waals surface area (Å²) in [6.07, 6.45) is 1.22. The van der Waals surface area contributed by atoms with Gasteiger partial charge in [-0.1, -0.05) is 23.7 Å². The second-order valence-electron chi connectivity index (χ2n) is 7.16. The minimum absolute atomic E-state index is 0.130. The van der Waals surface area contributed by atoms with Gasteiger partial charge in [-0.2, -0.15) is 0 Å². The van der Waals surface area contributed by atoms with Crippen LogP contribution in [0.15, 0.2) is 57.0 Å². The topological polar surface area (TPSA) is 99.9 Å². The fraction of sp³-hybridized carbons (Fsp3) is 0.227. The van der Waals surface area contributed by atoms with Crippen LogP contribution in [0.2, 0.25) is 5.02 Å². The predicted molar refractivity (Wildman–Crippen MR) is 121 cm³/mol. The fourth-order valence-electron chi connectivity index (χ4n) is 3.44. The van der Waals surface area contributed by atoms with E-state index in [9.17, 15) is 14.7 Å². The molecule has 0 saturated carbocycles. The number of aromatic amines is 1. The summed E-state index contributed by atoms with van der Waals surface area (Å²) in [5, 5.41) is 11.2. The molecule has 0 radical (unpaired) electrons. The molecule has 31 heavy (non-hydrogen) atoms. The zero-order chi connectivity index (χ0) is 22.0. The van der Waals surface area contributed by atoms with E-state index in [0.29, 0.717) is 29.6 Å². The van der Waals surface area contributed by atoms with E-state index in [4.69, 9.17) is 16.3 Å². The van der Waals surface area contributed by atoms with Crippen LogP contribution in [-0.4, -0.2) is 47.2 Å². The Morgan fingerprint density at radius 3 is 2.65 bits per heavy atom. The molecule has 4 rings (SSSR count). The molecule has 0 unspecified atom stereocenters. The lowest BCUT2D eigenvalue weighted by Gasteiger charge is -2.29. The number of H-pyrrole nitrogens is 1. The third kappa shape index (κ3) is 4.40. The number of nitrogens with zero attached hydrogens (tertiary/aromatic N) is 3. The highest BCUT2D eigenvalue weighted by Gasteiger charge is 2.16. The number of benzene rings is 2. The van der Waals surface area contributed by atoms with Gasteiger partial charge in [0.1, 0.15) is 5.56 Å². The SMILES string of the molecule is Cc1cccc(-n2c(O)c(C=Nc3ccc(N4CCOCC4)c(Cl)c3)c(=O)[nH]c2=O)c1. The zero-order valence-electron chi connectivity index (χ0n) is 16.8. The molecule has 1 aliphatic rings. The van der Waals surface area contributed by atoms with E-state index in [0.717, 1.165) is 28.9 Å². The summed E-state index contributed by atoms with van der Waals surface area (Å²) in [6, 6.07) is 12.3. The maximum absolute atomic E-state index is 12.3. The third-order valence-electron chi connectivity index (χ3n) is 5.01. The lowest BCUT2D eigenvalue weighted by molar-refractivity contribution is 0.122. The number of nitrogens with one attached hydrogen (secondary N) is 1. The van der Waals surface area contributed by atoms with E-state index < -0.39 is 17.1 Å². The molecule has 1 saturated heterocycles. The van der Waals surface area contributed by atoms with Crippen molar-refractivity contribution in [2.75, 3.05) is 31.2 Å². The number of anilines is 1. The van der Waals surface area contributed by atoms with Crippen molar-refractivity contribution >= 4 is 29.2 Å². The Balaban J connectivity index is 1.68. The molecule has 8 nitrogen and oxygen atoms in total. The van der Waals surface area contributed by atoms with Crippen molar-refractivity contribution in [2.24, 2.45) is 4.99 Å². The van der Waals surface area contributed by atoms with Gasteiger partial charge in [-0.25, -0.2) is 9.36 Å².